The smallest absolute Gasteiger partial charge is 0.305 e. The first-order valence-electron chi connectivity index (χ1n) is 1.87. The first-order chi connectivity index (χ1) is 2.64. The standard InChI is InChI=1S/C4H8O2.Rf.Y/c1-3(2)4(5)6;;/h3H,1-2H3,(H,5,6);;. The average Bonchev–Trinajstić information content (AvgIpc) is 1.36. The van der Waals surface area contributed by atoms with Crippen molar-refractivity contribution in [3.05, 3.63) is 0 Å². The molecule has 8 heavy (non-hydrogen) atoms. The SMILES string of the molecule is CC(C)C(=O)O.[Rf].[Y]. The van der Waals surface area contributed by atoms with Crippen molar-refractivity contribution in [3.8, 4) is 0 Å². The molecule has 0 aliphatic heterocycles. The second-order valence-electron chi connectivity index (χ2n) is 1.49. The Morgan fingerprint density at radius 2 is 1.62 bits per heavy atom. The van der Waals surface area contributed by atoms with E-state index in [1.807, 2.05) is 0 Å². The van der Waals surface area contributed by atoms with Gasteiger partial charge in [0.05, 0.1) is 5.92 Å². The van der Waals surface area contributed by atoms with Gasteiger partial charge in [0.2, 0.25) is 0 Å². The molecule has 0 aromatic rings. The van der Waals surface area contributed by atoms with Crippen molar-refractivity contribution >= 4 is 5.97 Å². The Bertz CT molecular complexity index is 65.1. The molecule has 0 aliphatic rings. The van der Waals surface area contributed by atoms with Crippen molar-refractivity contribution in [1.29, 1.82) is 0 Å². The van der Waals surface area contributed by atoms with Crippen LogP contribution in [0.4, 0.5) is 0 Å². The summed E-state index contributed by atoms with van der Waals surface area (Å²) in [6.45, 7) is 3.28. The molecule has 0 fully saturated rings. The minimum atomic E-state index is -0.741. The predicted molar refractivity (Wildman–Crippen MR) is 22.5 cm³/mol. The van der Waals surface area contributed by atoms with Gasteiger partial charge in [-0.05, 0) is 0 Å². The molecule has 0 aliphatic carbocycles. The van der Waals surface area contributed by atoms with Crippen LogP contribution in [0.15, 0.2) is 0 Å². The zero-order chi connectivity index (χ0) is 5.15. The van der Waals surface area contributed by atoms with Gasteiger partial charge in [-0.25, -0.2) is 0 Å². The summed E-state index contributed by atoms with van der Waals surface area (Å²) in [5.74, 6) is -0.972. The van der Waals surface area contributed by atoms with Crippen LogP contribution in [0, 0.1) is 5.92 Å². The molecule has 0 atom stereocenters. The van der Waals surface area contributed by atoms with Crippen LogP contribution in [-0.4, -0.2) is 11.1 Å². The van der Waals surface area contributed by atoms with Gasteiger partial charge < -0.3 is 5.11 Å². The van der Waals surface area contributed by atoms with Crippen LogP contribution in [-0.2, 0) is 37.5 Å². The van der Waals surface area contributed by atoms with Gasteiger partial charge in [0.25, 0.3) is 0 Å². The summed E-state index contributed by atoms with van der Waals surface area (Å²) in [5.41, 5.74) is 0. The van der Waals surface area contributed by atoms with E-state index in [0.29, 0.717) is 0 Å². The second kappa shape index (κ2) is 6.57. The first-order valence-corrected chi connectivity index (χ1v) is 1.87. The molecular formula is C4H8O2RfY. The fraction of sp³-hybridized carbons (Fsp3) is 0.750. The number of hydrogen-bond acceptors (Lipinski definition) is 1. The topological polar surface area (TPSA) is 37.3 Å². The van der Waals surface area contributed by atoms with Gasteiger partial charge >= 0.3 is 5.97 Å². The van der Waals surface area contributed by atoms with Gasteiger partial charge in [0.15, 0.2) is 0 Å². The van der Waals surface area contributed by atoms with E-state index in [1.54, 1.807) is 13.8 Å². The molecule has 1 radical (unpaired) electrons. The monoisotopic (exact) mass is 444 g/mol. The molecule has 0 aromatic heterocycles. The van der Waals surface area contributed by atoms with E-state index in [2.05, 4.69) is 0 Å². The third-order valence-electron chi connectivity index (χ3n) is 0.494. The third-order valence-corrected chi connectivity index (χ3v) is 0.494. The van der Waals surface area contributed by atoms with Crippen LogP contribution < -0.4 is 0 Å². The average molecular weight is 444 g/mol. The molecule has 0 unspecified atom stereocenters. The molecule has 0 bridgehead atoms. The van der Waals surface area contributed by atoms with Crippen molar-refractivity contribution in [2.45, 2.75) is 13.8 Å². The van der Waals surface area contributed by atoms with Crippen LogP contribution in [0.1, 0.15) is 13.8 Å². The maximum atomic E-state index is 9.70. The number of carboxylic acid groups (broad SMARTS) is 1. The summed E-state index contributed by atoms with van der Waals surface area (Å²) >= 11 is 0. The molecule has 0 aromatic carbocycles. The van der Waals surface area contributed by atoms with Crippen LogP contribution >= 0.6 is 0 Å². The maximum Gasteiger partial charge on any atom is 0.305 e. The summed E-state index contributed by atoms with van der Waals surface area (Å²) in [7, 11) is 0. The van der Waals surface area contributed by atoms with E-state index in [-0.39, 0.29) is 38.6 Å². The van der Waals surface area contributed by atoms with Crippen LogP contribution in [0.2, 0.25) is 0 Å². The molecule has 41 valence electrons. The molecule has 1 N–H and O–H groups in total. The van der Waals surface area contributed by atoms with Gasteiger partial charge in [-0.1, -0.05) is 13.8 Å². The summed E-state index contributed by atoms with van der Waals surface area (Å²) < 4.78 is 0. The summed E-state index contributed by atoms with van der Waals surface area (Å²) in [6.07, 6.45) is 0. The van der Waals surface area contributed by atoms with Crippen LogP contribution in [0.3, 0.4) is 0 Å². The number of hydrogen-bond donors (Lipinski definition) is 1. The van der Waals surface area contributed by atoms with E-state index >= 15 is 0 Å². The van der Waals surface area contributed by atoms with Crippen molar-refractivity contribution in [1.82, 2.24) is 0 Å². The number of carboxylic acids is 1. The van der Waals surface area contributed by atoms with Crippen molar-refractivity contribution in [2.24, 2.45) is 5.92 Å². The summed E-state index contributed by atoms with van der Waals surface area (Å²) in [4.78, 5) is 9.70. The van der Waals surface area contributed by atoms with E-state index in [0.717, 1.165) is 0 Å². The molecule has 0 saturated heterocycles. The molecule has 0 amide bonds. The van der Waals surface area contributed by atoms with Crippen LogP contribution in [0.25, 0.3) is 0 Å². The van der Waals surface area contributed by atoms with Gasteiger partial charge in [-0.15, -0.1) is 0 Å². The predicted octanol–water partition coefficient (Wildman–Crippen LogP) is 0.724. The summed E-state index contributed by atoms with van der Waals surface area (Å²) in [6, 6.07) is 0. The molecule has 0 rings (SSSR count). The van der Waals surface area contributed by atoms with Crippen molar-refractivity contribution in [2.75, 3.05) is 0 Å². The van der Waals surface area contributed by atoms with E-state index in [4.69, 9.17) is 5.11 Å². The van der Waals surface area contributed by atoms with Crippen molar-refractivity contribution < 1.29 is 42.6 Å². The Kier molecular flexibility index (Phi) is 12.9. The minimum Gasteiger partial charge on any atom is -0.481 e. The van der Waals surface area contributed by atoms with Gasteiger partial charge in [0, 0.05) is 32.7 Å². The van der Waals surface area contributed by atoms with E-state index in [9.17, 15) is 4.79 Å². The Morgan fingerprint density at radius 3 is 1.62 bits per heavy atom. The second-order valence-corrected chi connectivity index (χ2v) is 1.49. The van der Waals surface area contributed by atoms with Gasteiger partial charge in [0.1, 0.15) is 0 Å². The Morgan fingerprint density at radius 1 is 1.50 bits per heavy atom. The normalized spacial score (nSPS) is 6.88. The third kappa shape index (κ3) is 9.13. The minimum absolute atomic E-state index is 0. The fourth-order valence-corrected chi connectivity index (χ4v) is 0. The Balaban J connectivity index is -0.000000125. The van der Waals surface area contributed by atoms with Gasteiger partial charge in [-0.2, -0.15) is 0 Å². The molecule has 0 heterocycles. The molecule has 0 saturated carbocycles. The molecule has 4 heteroatoms. The van der Waals surface area contributed by atoms with Gasteiger partial charge in [-0.3, -0.25) is 4.79 Å². The zero-order valence-electron chi connectivity index (χ0n) is 5.22. The number of aliphatic carboxylic acids is 1. The van der Waals surface area contributed by atoms with E-state index < -0.39 is 5.97 Å². The summed E-state index contributed by atoms with van der Waals surface area (Å²) in [5, 5.41) is 7.99. The van der Waals surface area contributed by atoms with E-state index in [1.165, 1.54) is 0 Å². The zero-order valence-corrected chi connectivity index (χ0v) is 14.5. The quantitative estimate of drug-likeness (QED) is 0.648. The number of carbonyl (C=O) groups is 1. The maximum absolute atomic E-state index is 9.70. The Hall–Kier alpha value is -0.426. The molecule has 0 spiro atoms. The largest absolute Gasteiger partial charge is 0.481 e. The molecule has 2 nitrogen and oxygen atoms in total. The molecular weight excluding hydrogens is 436 g/mol. The van der Waals surface area contributed by atoms with Crippen LogP contribution in [0.5, 0.6) is 0 Å². The van der Waals surface area contributed by atoms with Crippen molar-refractivity contribution in [3.63, 3.8) is 0 Å². The number of rotatable bonds is 1. The fourth-order valence-electron chi connectivity index (χ4n) is 0. The Labute approximate surface area is 68.2 Å². The first kappa shape index (κ1) is 15.6.